The van der Waals surface area contributed by atoms with Gasteiger partial charge in [0, 0.05) is 17.9 Å². The molecule has 3 rings (SSSR count). The summed E-state index contributed by atoms with van der Waals surface area (Å²) in [6.45, 7) is 1.88. The highest BCUT2D eigenvalue weighted by atomic mass is 32.2. The molecule has 4 N–H and O–H groups in total. The molecular weight excluding hydrogens is 328 g/mol. The number of nitrogens with two attached hydrogens (primary N) is 1. The van der Waals surface area contributed by atoms with Crippen molar-refractivity contribution >= 4 is 34.2 Å². The summed E-state index contributed by atoms with van der Waals surface area (Å²) in [5, 5.41) is 16.2. The van der Waals surface area contributed by atoms with E-state index in [1.165, 1.54) is 0 Å². The van der Waals surface area contributed by atoms with Crippen LogP contribution in [0.3, 0.4) is 0 Å². The number of carbonyl (C=O) groups excluding carboxylic acids is 1. The number of aliphatic hydroxyl groups excluding tert-OH is 1. The summed E-state index contributed by atoms with van der Waals surface area (Å²) < 4.78 is 0. The lowest BCUT2D eigenvalue weighted by molar-refractivity contribution is -0.110. The number of oxime groups is 1. The second kappa shape index (κ2) is 6.82. The van der Waals surface area contributed by atoms with Gasteiger partial charge in [0.1, 0.15) is 5.71 Å². The number of hydrogen-bond donors (Lipinski definition) is 3. The van der Waals surface area contributed by atoms with Crippen molar-refractivity contribution in [2.75, 3.05) is 17.7 Å². The van der Waals surface area contributed by atoms with E-state index in [9.17, 15) is 4.79 Å². The molecule has 0 saturated carbocycles. The van der Waals surface area contributed by atoms with Crippen molar-refractivity contribution in [3.63, 3.8) is 0 Å². The van der Waals surface area contributed by atoms with Crippen molar-refractivity contribution in [1.29, 1.82) is 0 Å². The van der Waals surface area contributed by atoms with Gasteiger partial charge >= 0.3 is 0 Å². The highest BCUT2D eigenvalue weighted by Gasteiger charge is 2.30. The lowest BCUT2D eigenvalue weighted by Crippen LogP contribution is -2.29. The standard InChI is InChI=1S/C16H20N4O3S/c1-16(5-6-24-15(17)19-16)10-3-2-4-11(7-10)18-14(22)13-8-12(9-21)23-20-13/h2-4,7,12,21H,5-6,8-9H2,1H3,(H2,17,19)(H,18,22). The first-order chi connectivity index (χ1) is 11.5. The Morgan fingerprint density at radius 2 is 2.42 bits per heavy atom. The third-order valence-electron chi connectivity index (χ3n) is 4.14. The van der Waals surface area contributed by atoms with Crippen LogP contribution in [0, 0.1) is 0 Å². The molecule has 1 amide bonds. The molecule has 0 spiro atoms. The van der Waals surface area contributed by atoms with Gasteiger partial charge in [-0.25, -0.2) is 0 Å². The number of rotatable bonds is 4. The van der Waals surface area contributed by atoms with Crippen LogP contribution in [0.1, 0.15) is 25.3 Å². The summed E-state index contributed by atoms with van der Waals surface area (Å²) in [5.74, 6) is 0.592. The molecule has 0 aromatic heterocycles. The third-order valence-corrected chi connectivity index (χ3v) is 4.93. The number of nitrogens with zero attached hydrogens (tertiary/aromatic N) is 2. The number of anilines is 1. The number of aliphatic hydroxyl groups is 1. The number of thioether (sulfide) groups is 1. The number of nitrogens with one attached hydrogen (secondary N) is 1. The second-order valence-corrected chi connectivity index (χ2v) is 7.12. The number of carbonyl (C=O) groups is 1. The number of benzene rings is 1. The molecule has 2 aliphatic heterocycles. The van der Waals surface area contributed by atoms with Gasteiger partial charge < -0.3 is 21.0 Å². The molecule has 2 unspecified atom stereocenters. The van der Waals surface area contributed by atoms with Crippen LogP contribution in [0.2, 0.25) is 0 Å². The molecule has 2 aliphatic rings. The molecule has 24 heavy (non-hydrogen) atoms. The highest BCUT2D eigenvalue weighted by molar-refractivity contribution is 8.13. The van der Waals surface area contributed by atoms with Crippen LogP contribution >= 0.6 is 11.8 Å². The van der Waals surface area contributed by atoms with E-state index < -0.39 is 6.10 Å². The lowest BCUT2D eigenvalue weighted by atomic mass is 9.89. The molecule has 2 heterocycles. The highest BCUT2D eigenvalue weighted by Crippen LogP contribution is 2.35. The smallest absolute Gasteiger partial charge is 0.273 e. The Hall–Kier alpha value is -2.06. The first-order valence-electron chi connectivity index (χ1n) is 7.74. The zero-order chi connectivity index (χ0) is 17.2. The minimum Gasteiger partial charge on any atom is -0.392 e. The molecule has 0 radical (unpaired) electrons. The molecular formula is C16H20N4O3S. The van der Waals surface area contributed by atoms with E-state index in [0.717, 1.165) is 17.7 Å². The first kappa shape index (κ1) is 16.8. The van der Waals surface area contributed by atoms with Crippen LogP contribution in [-0.2, 0) is 15.2 Å². The van der Waals surface area contributed by atoms with Gasteiger partial charge in [0.05, 0.1) is 12.1 Å². The summed E-state index contributed by atoms with van der Waals surface area (Å²) >= 11 is 1.56. The molecule has 0 bridgehead atoms. The van der Waals surface area contributed by atoms with E-state index in [1.54, 1.807) is 11.8 Å². The number of aliphatic imine (C=N–C) groups is 1. The maximum atomic E-state index is 12.2. The Kier molecular flexibility index (Phi) is 4.77. The van der Waals surface area contributed by atoms with Gasteiger partial charge in [-0.05, 0) is 31.0 Å². The fraction of sp³-hybridized carbons (Fsp3) is 0.438. The van der Waals surface area contributed by atoms with Gasteiger partial charge in [-0.1, -0.05) is 29.1 Å². The van der Waals surface area contributed by atoms with Crippen molar-refractivity contribution < 1.29 is 14.7 Å². The molecule has 128 valence electrons. The number of hydrogen-bond acceptors (Lipinski definition) is 7. The maximum Gasteiger partial charge on any atom is 0.273 e. The largest absolute Gasteiger partial charge is 0.392 e. The van der Waals surface area contributed by atoms with Crippen LogP contribution in [-0.4, -0.2) is 40.4 Å². The summed E-state index contributed by atoms with van der Waals surface area (Å²) in [6, 6.07) is 7.59. The number of amidine groups is 1. The second-order valence-electron chi connectivity index (χ2n) is 6.01. The lowest BCUT2D eigenvalue weighted by Gasteiger charge is -2.30. The van der Waals surface area contributed by atoms with Crippen molar-refractivity contribution in [3.8, 4) is 0 Å². The molecule has 1 aromatic carbocycles. The Balaban J connectivity index is 1.74. The number of amides is 1. The van der Waals surface area contributed by atoms with Crippen LogP contribution < -0.4 is 11.1 Å². The molecule has 7 nitrogen and oxygen atoms in total. The predicted molar refractivity (Wildman–Crippen MR) is 95.1 cm³/mol. The van der Waals surface area contributed by atoms with Crippen LogP contribution in [0.4, 0.5) is 5.69 Å². The van der Waals surface area contributed by atoms with E-state index in [4.69, 9.17) is 15.7 Å². The minimum absolute atomic E-state index is 0.161. The molecule has 0 aliphatic carbocycles. The van der Waals surface area contributed by atoms with E-state index in [-0.39, 0.29) is 23.8 Å². The zero-order valence-electron chi connectivity index (χ0n) is 13.4. The Morgan fingerprint density at radius 1 is 1.58 bits per heavy atom. The van der Waals surface area contributed by atoms with Crippen molar-refractivity contribution in [2.24, 2.45) is 15.9 Å². The Bertz CT molecular complexity index is 706. The van der Waals surface area contributed by atoms with E-state index in [0.29, 0.717) is 17.3 Å². The fourth-order valence-corrected chi connectivity index (χ4v) is 3.66. The SMILES string of the molecule is CC1(c2cccc(NC(=O)C3=NOC(CO)C3)c2)CCSC(N)=N1. The normalized spacial score (nSPS) is 26.3. The zero-order valence-corrected chi connectivity index (χ0v) is 14.2. The van der Waals surface area contributed by atoms with Gasteiger partial charge in [-0.15, -0.1) is 0 Å². The minimum atomic E-state index is -0.437. The molecule has 0 saturated heterocycles. The van der Waals surface area contributed by atoms with Crippen LogP contribution in [0.25, 0.3) is 0 Å². The molecule has 2 atom stereocenters. The van der Waals surface area contributed by atoms with Gasteiger partial charge in [0.15, 0.2) is 11.3 Å². The van der Waals surface area contributed by atoms with Gasteiger partial charge in [-0.3, -0.25) is 9.79 Å². The van der Waals surface area contributed by atoms with Crippen molar-refractivity contribution in [3.05, 3.63) is 29.8 Å². The summed E-state index contributed by atoms with van der Waals surface area (Å²) in [4.78, 5) is 21.8. The summed E-state index contributed by atoms with van der Waals surface area (Å²) in [5.41, 5.74) is 7.43. The van der Waals surface area contributed by atoms with E-state index in [1.807, 2.05) is 31.2 Å². The van der Waals surface area contributed by atoms with Gasteiger partial charge in [-0.2, -0.15) is 0 Å². The average Bonchev–Trinajstić information content (AvgIpc) is 3.04. The first-order valence-corrected chi connectivity index (χ1v) is 8.72. The van der Waals surface area contributed by atoms with Crippen LogP contribution in [0.15, 0.2) is 34.4 Å². The van der Waals surface area contributed by atoms with Gasteiger partial charge in [0.2, 0.25) is 0 Å². The van der Waals surface area contributed by atoms with Crippen LogP contribution in [0.5, 0.6) is 0 Å². The molecule has 1 aromatic rings. The van der Waals surface area contributed by atoms with E-state index >= 15 is 0 Å². The Labute approximate surface area is 144 Å². The summed E-state index contributed by atoms with van der Waals surface area (Å²) in [7, 11) is 0. The monoisotopic (exact) mass is 348 g/mol. The van der Waals surface area contributed by atoms with Gasteiger partial charge in [0.25, 0.3) is 5.91 Å². The topological polar surface area (TPSA) is 109 Å². The predicted octanol–water partition coefficient (Wildman–Crippen LogP) is 1.43. The quantitative estimate of drug-likeness (QED) is 0.762. The van der Waals surface area contributed by atoms with Crippen molar-refractivity contribution in [1.82, 2.24) is 0 Å². The maximum absolute atomic E-state index is 12.2. The molecule has 8 heteroatoms. The summed E-state index contributed by atoms with van der Waals surface area (Å²) in [6.07, 6.45) is 0.750. The average molecular weight is 348 g/mol. The van der Waals surface area contributed by atoms with Crippen molar-refractivity contribution in [2.45, 2.75) is 31.4 Å². The fourth-order valence-electron chi connectivity index (χ4n) is 2.69. The third kappa shape index (κ3) is 3.54. The Morgan fingerprint density at radius 3 is 3.12 bits per heavy atom. The van der Waals surface area contributed by atoms with E-state index in [2.05, 4.69) is 15.5 Å². The molecule has 0 fully saturated rings.